The largest absolute Gasteiger partial charge is 0.420 e. The Hall–Kier alpha value is -4.21. The highest BCUT2D eigenvalue weighted by Crippen LogP contribution is 2.31. The first-order chi connectivity index (χ1) is 18.9. The maximum absolute atomic E-state index is 13.3. The first kappa shape index (κ1) is 25.1. The minimum absolute atomic E-state index is 0.0545. The van der Waals surface area contributed by atoms with E-state index >= 15 is 0 Å². The van der Waals surface area contributed by atoms with Gasteiger partial charge in [-0.15, -0.1) is 10.2 Å². The standard InChI is InChI=1S/C29H32N6O4/c1-18(2)35-24-13-12-22(15-23(24)27(36)34(29(35)38)16-19-10-11-19)30-28(37)33-14-6-9-21(17-33)26-32-31-25(39-26)20-7-4-3-5-8-20/h3-5,7-8,12-13,15,18-19,21H,6,9-11,14,16-17H2,1-2H3,(H,30,37). The van der Waals surface area contributed by atoms with Gasteiger partial charge in [-0.2, -0.15) is 0 Å². The summed E-state index contributed by atoms with van der Waals surface area (Å²) in [5, 5.41) is 11.8. The van der Waals surface area contributed by atoms with Crippen LogP contribution in [0.2, 0.25) is 0 Å². The number of amides is 2. The second kappa shape index (κ2) is 10.2. The van der Waals surface area contributed by atoms with E-state index in [0.717, 1.165) is 31.2 Å². The van der Waals surface area contributed by atoms with Crippen molar-refractivity contribution in [1.29, 1.82) is 0 Å². The molecule has 1 saturated carbocycles. The third kappa shape index (κ3) is 4.98. The first-order valence-corrected chi connectivity index (χ1v) is 13.6. The van der Waals surface area contributed by atoms with Crippen LogP contribution in [-0.2, 0) is 6.54 Å². The number of carbonyl (C=O) groups is 1. The van der Waals surface area contributed by atoms with Crippen LogP contribution in [0.5, 0.6) is 0 Å². The fraction of sp³-hybridized carbons (Fsp3) is 0.414. The molecule has 0 radical (unpaired) electrons. The average molecular weight is 529 g/mol. The van der Waals surface area contributed by atoms with Gasteiger partial charge in [0, 0.05) is 36.9 Å². The van der Waals surface area contributed by atoms with Crippen molar-refractivity contribution >= 4 is 22.6 Å². The summed E-state index contributed by atoms with van der Waals surface area (Å²) >= 11 is 0. The number of nitrogens with one attached hydrogen (secondary N) is 1. The summed E-state index contributed by atoms with van der Waals surface area (Å²) in [6.45, 7) is 5.37. The maximum Gasteiger partial charge on any atom is 0.331 e. The topological polar surface area (TPSA) is 115 Å². The number of rotatable bonds is 6. The molecule has 1 N–H and O–H groups in total. The monoisotopic (exact) mass is 528 g/mol. The van der Waals surface area contributed by atoms with Crippen molar-refractivity contribution in [3.8, 4) is 11.5 Å². The first-order valence-electron chi connectivity index (χ1n) is 13.6. The molecule has 1 saturated heterocycles. The number of nitrogens with zero attached hydrogens (tertiary/aromatic N) is 5. The highest BCUT2D eigenvalue weighted by molar-refractivity contribution is 5.92. The molecule has 6 rings (SSSR count). The van der Waals surface area contributed by atoms with E-state index in [0.29, 0.717) is 53.9 Å². The molecule has 0 spiro atoms. The molecule has 4 aromatic rings. The summed E-state index contributed by atoms with van der Waals surface area (Å²) in [7, 11) is 0. The average Bonchev–Trinajstić information content (AvgIpc) is 3.63. The molecule has 202 valence electrons. The smallest absolute Gasteiger partial charge is 0.331 e. The van der Waals surface area contributed by atoms with E-state index in [1.807, 2.05) is 44.2 Å². The molecule has 2 aromatic heterocycles. The maximum atomic E-state index is 13.3. The molecular formula is C29H32N6O4. The number of urea groups is 1. The second-order valence-electron chi connectivity index (χ2n) is 10.9. The zero-order valence-corrected chi connectivity index (χ0v) is 22.2. The molecule has 1 aliphatic heterocycles. The fourth-order valence-corrected chi connectivity index (χ4v) is 5.34. The normalized spacial score (nSPS) is 17.6. The second-order valence-corrected chi connectivity index (χ2v) is 10.9. The van der Waals surface area contributed by atoms with Gasteiger partial charge in [0.1, 0.15) is 0 Å². The number of anilines is 1. The summed E-state index contributed by atoms with van der Waals surface area (Å²) in [6.07, 6.45) is 3.74. The van der Waals surface area contributed by atoms with Gasteiger partial charge in [0.25, 0.3) is 5.56 Å². The van der Waals surface area contributed by atoms with Crippen LogP contribution in [0.15, 0.2) is 62.5 Å². The Labute approximate surface area is 225 Å². The Balaban J connectivity index is 1.22. The highest BCUT2D eigenvalue weighted by Gasteiger charge is 2.29. The summed E-state index contributed by atoms with van der Waals surface area (Å²) in [5.41, 5.74) is 1.37. The van der Waals surface area contributed by atoms with Gasteiger partial charge in [-0.3, -0.25) is 13.9 Å². The molecule has 2 fully saturated rings. The van der Waals surface area contributed by atoms with Gasteiger partial charge in [0.15, 0.2) is 0 Å². The SMILES string of the molecule is CC(C)n1c(=O)n(CC2CC2)c(=O)c2cc(NC(=O)N3CCCC(c4nnc(-c5ccccc5)o4)C3)ccc21. The van der Waals surface area contributed by atoms with Gasteiger partial charge in [0.2, 0.25) is 11.8 Å². The highest BCUT2D eigenvalue weighted by atomic mass is 16.4. The van der Waals surface area contributed by atoms with Crippen molar-refractivity contribution < 1.29 is 9.21 Å². The van der Waals surface area contributed by atoms with E-state index in [-0.39, 0.29) is 29.2 Å². The zero-order chi connectivity index (χ0) is 27.1. The molecule has 0 bridgehead atoms. The number of aromatic nitrogens is 4. The Bertz CT molecular complexity index is 1630. The van der Waals surface area contributed by atoms with E-state index in [1.165, 1.54) is 4.57 Å². The molecule has 1 atom stereocenters. The number of hydrogen-bond donors (Lipinski definition) is 1. The van der Waals surface area contributed by atoms with Crippen LogP contribution < -0.4 is 16.6 Å². The molecule has 2 amide bonds. The lowest BCUT2D eigenvalue weighted by atomic mass is 9.98. The van der Waals surface area contributed by atoms with E-state index < -0.39 is 0 Å². The Kier molecular flexibility index (Phi) is 6.54. The van der Waals surface area contributed by atoms with Gasteiger partial charge in [0.05, 0.1) is 16.8 Å². The zero-order valence-electron chi connectivity index (χ0n) is 22.2. The number of hydrogen-bond acceptors (Lipinski definition) is 6. The summed E-state index contributed by atoms with van der Waals surface area (Å²) in [4.78, 5) is 41.5. The number of benzene rings is 2. The van der Waals surface area contributed by atoms with Crippen molar-refractivity contribution in [2.24, 2.45) is 5.92 Å². The molecule has 1 aliphatic carbocycles. The van der Waals surface area contributed by atoms with E-state index in [2.05, 4.69) is 15.5 Å². The van der Waals surface area contributed by atoms with Crippen LogP contribution in [0.4, 0.5) is 10.5 Å². The van der Waals surface area contributed by atoms with E-state index in [1.54, 1.807) is 27.7 Å². The van der Waals surface area contributed by atoms with E-state index in [4.69, 9.17) is 4.42 Å². The van der Waals surface area contributed by atoms with E-state index in [9.17, 15) is 14.4 Å². The minimum Gasteiger partial charge on any atom is -0.420 e. The Morgan fingerprint density at radius 3 is 2.62 bits per heavy atom. The third-order valence-electron chi connectivity index (χ3n) is 7.59. The molecule has 10 nitrogen and oxygen atoms in total. The molecule has 3 heterocycles. The van der Waals surface area contributed by atoms with Crippen molar-refractivity contribution in [2.75, 3.05) is 18.4 Å². The molecular weight excluding hydrogens is 496 g/mol. The molecule has 2 aliphatic rings. The fourth-order valence-electron chi connectivity index (χ4n) is 5.34. The van der Waals surface area contributed by atoms with Crippen LogP contribution in [0, 0.1) is 5.92 Å². The van der Waals surface area contributed by atoms with Crippen LogP contribution in [0.1, 0.15) is 57.4 Å². The van der Waals surface area contributed by atoms with Crippen molar-refractivity contribution in [3.63, 3.8) is 0 Å². The van der Waals surface area contributed by atoms with Crippen molar-refractivity contribution in [2.45, 2.75) is 58.0 Å². The lowest BCUT2D eigenvalue weighted by Gasteiger charge is -2.31. The Morgan fingerprint density at radius 2 is 1.87 bits per heavy atom. The molecule has 10 heteroatoms. The predicted molar refractivity (Wildman–Crippen MR) is 148 cm³/mol. The van der Waals surface area contributed by atoms with Crippen molar-refractivity contribution in [1.82, 2.24) is 24.2 Å². The molecule has 2 aromatic carbocycles. The lowest BCUT2D eigenvalue weighted by molar-refractivity contribution is 0.187. The summed E-state index contributed by atoms with van der Waals surface area (Å²) in [6, 6.07) is 14.4. The quantitative estimate of drug-likeness (QED) is 0.391. The summed E-state index contributed by atoms with van der Waals surface area (Å²) < 4.78 is 8.97. The van der Waals surface area contributed by atoms with Gasteiger partial charge >= 0.3 is 11.7 Å². The summed E-state index contributed by atoms with van der Waals surface area (Å²) in [5.74, 6) is 1.32. The lowest BCUT2D eigenvalue weighted by Crippen LogP contribution is -2.42. The van der Waals surface area contributed by atoms with Crippen molar-refractivity contribution in [3.05, 3.63) is 75.3 Å². The van der Waals surface area contributed by atoms with Crippen LogP contribution >= 0.6 is 0 Å². The Morgan fingerprint density at radius 1 is 1.08 bits per heavy atom. The predicted octanol–water partition coefficient (Wildman–Crippen LogP) is 4.62. The molecule has 1 unspecified atom stereocenters. The molecule has 39 heavy (non-hydrogen) atoms. The van der Waals surface area contributed by atoms with Gasteiger partial charge in [-0.1, -0.05) is 18.2 Å². The van der Waals surface area contributed by atoms with Gasteiger partial charge < -0.3 is 14.6 Å². The van der Waals surface area contributed by atoms with Gasteiger partial charge in [-0.05, 0) is 75.8 Å². The van der Waals surface area contributed by atoms with Crippen LogP contribution in [-0.4, -0.2) is 43.4 Å². The van der Waals surface area contributed by atoms with Crippen LogP contribution in [0.3, 0.4) is 0 Å². The minimum atomic E-state index is -0.307. The number of carbonyl (C=O) groups excluding carboxylic acids is 1. The number of fused-ring (bicyclic) bond motifs is 1. The van der Waals surface area contributed by atoms with Gasteiger partial charge in [-0.25, -0.2) is 9.59 Å². The number of likely N-dealkylation sites (tertiary alicyclic amines) is 1. The third-order valence-corrected chi connectivity index (χ3v) is 7.59. The number of piperidine rings is 1. The van der Waals surface area contributed by atoms with Crippen LogP contribution in [0.25, 0.3) is 22.4 Å².